The Morgan fingerprint density at radius 3 is 2.84 bits per heavy atom. The smallest absolute Gasteiger partial charge is 0.303 e. The normalized spacial score (nSPS) is 11.1. The molecule has 0 aliphatic carbocycles. The van der Waals surface area contributed by atoms with Crippen molar-refractivity contribution in [3.8, 4) is 10.8 Å². The molecule has 0 spiro atoms. The van der Waals surface area contributed by atoms with E-state index in [1.807, 2.05) is 13.8 Å². The first-order chi connectivity index (χ1) is 9.08. The van der Waals surface area contributed by atoms with Crippen LogP contribution >= 0.6 is 11.5 Å². The molecule has 0 unspecified atom stereocenters. The monoisotopic (exact) mass is 282 g/mol. The van der Waals surface area contributed by atoms with Gasteiger partial charge >= 0.3 is 5.97 Å². The highest BCUT2D eigenvalue weighted by Gasteiger charge is 2.19. The Hall–Kier alpha value is -1.83. The molecular formula is C11H14N4O3S. The number of hydrogen-bond donors (Lipinski definition) is 1. The van der Waals surface area contributed by atoms with E-state index < -0.39 is 5.97 Å². The fraction of sp³-hybridized carbons (Fsp3) is 0.545. The maximum atomic E-state index is 10.4. The van der Waals surface area contributed by atoms with Crippen LogP contribution in [-0.4, -0.2) is 30.9 Å². The number of aliphatic carboxylic acids is 1. The molecule has 2 aromatic heterocycles. The number of rotatable bonds is 6. The number of nitrogens with zero attached hydrogens (tertiary/aromatic N) is 4. The highest BCUT2D eigenvalue weighted by molar-refractivity contribution is 7.09. The van der Waals surface area contributed by atoms with E-state index in [9.17, 15) is 4.79 Å². The van der Waals surface area contributed by atoms with Gasteiger partial charge in [-0.1, -0.05) is 18.3 Å². The van der Waals surface area contributed by atoms with Crippen LogP contribution in [0, 0.1) is 0 Å². The third kappa shape index (κ3) is 3.34. The summed E-state index contributed by atoms with van der Waals surface area (Å²) >= 11 is 1.22. The molecular weight excluding hydrogens is 268 g/mol. The van der Waals surface area contributed by atoms with E-state index in [0.717, 1.165) is 10.6 Å². The Balaban J connectivity index is 2.08. The summed E-state index contributed by atoms with van der Waals surface area (Å²) in [6.45, 7) is 4.04. The van der Waals surface area contributed by atoms with Crippen molar-refractivity contribution in [2.24, 2.45) is 0 Å². The molecule has 0 aromatic carbocycles. The summed E-state index contributed by atoms with van der Waals surface area (Å²) in [6, 6.07) is 0. The van der Waals surface area contributed by atoms with E-state index in [-0.39, 0.29) is 12.3 Å². The number of carboxylic acids is 1. The van der Waals surface area contributed by atoms with E-state index in [1.54, 1.807) is 0 Å². The Kier molecular flexibility index (Phi) is 4.20. The van der Waals surface area contributed by atoms with Crippen LogP contribution in [0.2, 0.25) is 0 Å². The van der Waals surface area contributed by atoms with E-state index in [1.165, 1.54) is 11.5 Å². The molecule has 0 atom stereocenters. The van der Waals surface area contributed by atoms with Crippen LogP contribution in [0.1, 0.15) is 44.2 Å². The van der Waals surface area contributed by atoms with Crippen LogP contribution in [0.4, 0.5) is 0 Å². The summed E-state index contributed by atoms with van der Waals surface area (Å²) in [4.78, 5) is 11.2. The van der Waals surface area contributed by atoms with Gasteiger partial charge in [-0.05, 0) is 23.9 Å². The molecule has 2 heterocycles. The molecule has 0 saturated heterocycles. The number of aromatic nitrogens is 4. The Morgan fingerprint density at radius 2 is 2.16 bits per heavy atom. The first-order valence-corrected chi connectivity index (χ1v) is 6.72. The van der Waals surface area contributed by atoms with Crippen molar-refractivity contribution in [3.63, 3.8) is 0 Å². The molecule has 0 aliphatic heterocycles. The fourth-order valence-corrected chi connectivity index (χ4v) is 2.30. The number of carbonyl (C=O) groups is 1. The third-order valence-corrected chi connectivity index (χ3v) is 3.23. The van der Waals surface area contributed by atoms with Gasteiger partial charge in [-0.3, -0.25) is 4.79 Å². The van der Waals surface area contributed by atoms with E-state index >= 15 is 0 Å². The lowest BCUT2D eigenvalue weighted by Crippen LogP contribution is -1.95. The zero-order valence-electron chi connectivity index (χ0n) is 10.7. The van der Waals surface area contributed by atoms with Crippen molar-refractivity contribution in [2.75, 3.05) is 0 Å². The molecule has 0 fully saturated rings. The van der Waals surface area contributed by atoms with Crippen molar-refractivity contribution >= 4 is 17.5 Å². The zero-order valence-corrected chi connectivity index (χ0v) is 11.5. The fourth-order valence-electron chi connectivity index (χ4n) is 1.56. The molecule has 102 valence electrons. The van der Waals surface area contributed by atoms with Gasteiger partial charge in [0.1, 0.15) is 4.88 Å². The van der Waals surface area contributed by atoms with Crippen LogP contribution in [0.3, 0.4) is 0 Å². The number of carboxylic acid groups (broad SMARTS) is 1. The topological polar surface area (TPSA) is 102 Å². The van der Waals surface area contributed by atoms with E-state index in [0.29, 0.717) is 24.6 Å². The minimum Gasteiger partial charge on any atom is -0.481 e. The minimum atomic E-state index is -0.825. The number of aryl methyl sites for hydroxylation is 1. The van der Waals surface area contributed by atoms with Gasteiger partial charge in [-0.2, -0.15) is 0 Å². The molecule has 0 saturated carbocycles. The van der Waals surface area contributed by atoms with Crippen LogP contribution in [0.5, 0.6) is 0 Å². The lowest BCUT2D eigenvalue weighted by Gasteiger charge is -1.99. The van der Waals surface area contributed by atoms with Gasteiger partial charge in [-0.15, -0.1) is 15.3 Å². The predicted octanol–water partition coefficient (Wildman–Crippen LogP) is 2.12. The van der Waals surface area contributed by atoms with Gasteiger partial charge in [0.25, 0.3) is 5.89 Å². The highest BCUT2D eigenvalue weighted by atomic mass is 32.1. The molecule has 7 nitrogen and oxygen atoms in total. The van der Waals surface area contributed by atoms with Gasteiger partial charge in [0, 0.05) is 12.8 Å². The molecule has 2 rings (SSSR count). The van der Waals surface area contributed by atoms with Crippen molar-refractivity contribution < 1.29 is 14.3 Å². The van der Waals surface area contributed by atoms with Crippen LogP contribution < -0.4 is 0 Å². The second-order valence-electron chi connectivity index (χ2n) is 4.39. The second-order valence-corrected chi connectivity index (χ2v) is 5.14. The van der Waals surface area contributed by atoms with Gasteiger partial charge < -0.3 is 9.52 Å². The van der Waals surface area contributed by atoms with Gasteiger partial charge in [-0.25, -0.2) is 0 Å². The van der Waals surface area contributed by atoms with Crippen molar-refractivity contribution in [2.45, 2.75) is 39.0 Å². The van der Waals surface area contributed by atoms with Crippen molar-refractivity contribution in [1.82, 2.24) is 19.8 Å². The van der Waals surface area contributed by atoms with Crippen LogP contribution in [0.15, 0.2) is 4.42 Å². The maximum absolute atomic E-state index is 10.4. The van der Waals surface area contributed by atoms with Crippen LogP contribution in [-0.2, 0) is 11.2 Å². The molecule has 0 amide bonds. The summed E-state index contributed by atoms with van der Waals surface area (Å²) < 4.78 is 9.42. The Morgan fingerprint density at radius 1 is 1.37 bits per heavy atom. The van der Waals surface area contributed by atoms with Gasteiger partial charge in [0.15, 0.2) is 0 Å². The standard InChI is InChI=1S/C11H14N4O3S/c1-6(2)9-10(19-15-13-9)11-14-12-7(18-11)4-3-5-8(16)17/h6H,3-5H2,1-2H3,(H,16,17). The maximum Gasteiger partial charge on any atom is 0.303 e. The lowest BCUT2D eigenvalue weighted by molar-refractivity contribution is -0.137. The van der Waals surface area contributed by atoms with E-state index in [4.69, 9.17) is 9.52 Å². The molecule has 1 N–H and O–H groups in total. The molecule has 0 radical (unpaired) electrons. The van der Waals surface area contributed by atoms with Crippen molar-refractivity contribution in [1.29, 1.82) is 0 Å². The molecule has 8 heteroatoms. The van der Waals surface area contributed by atoms with Gasteiger partial charge in [0.2, 0.25) is 5.89 Å². The van der Waals surface area contributed by atoms with Crippen LogP contribution in [0.25, 0.3) is 10.8 Å². The zero-order chi connectivity index (χ0) is 13.8. The minimum absolute atomic E-state index is 0.0943. The average Bonchev–Trinajstić information content (AvgIpc) is 2.95. The van der Waals surface area contributed by atoms with E-state index in [2.05, 4.69) is 19.8 Å². The average molecular weight is 282 g/mol. The summed E-state index contributed by atoms with van der Waals surface area (Å²) in [6.07, 6.45) is 1.04. The Bertz CT molecular complexity index is 564. The largest absolute Gasteiger partial charge is 0.481 e. The summed E-state index contributed by atoms with van der Waals surface area (Å²) in [5, 5.41) is 20.5. The highest BCUT2D eigenvalue weighted by Crippen LogP contribution is 2.29. The lowest BCUT2D eigenvalue weighted by atomic mass is 10.1. The summed E-state index contributed by atoms with van der Waals surface area (Å²) in [7, 11) is 0. The first kappa shape index (κ1) is 13.6. The number of hydrogen-bond acceptors (Lipinski definition) is 7. The summed E-state index contributed by atoms with van der Waals surface area (Å²) in [5.74, 6) is 0.257. The SMILES string of the molecule is CC(C)c1nnsc1-c1nnc(CCCC(=O)O)o1. The third-order valence-electron chi connectivity index (χ3n) is 2.50. The molecule has 0 aliphatic rings. The molecule has 2 aromatic rings. The molecule has 19 heavy (non-hydrogen) atoms. The Labute approximate surface area is 113 Å². The summed E-state index contributed by atoms with van der Waals surface area (Å²) in [5.41, 5.74) is 0.839. The quantitative estimate of drug-likeness (QED) is 0.865. The molecule has 0 bridgehead atoms. The van der Waals surface area contributed by atoms with Crippen molar-refractivity contribution in [3.05, 3.63) is 11.6 Å². The second kappa shape index (κ2) is 5.87. The predicted molar refractivity (Wildman–Crippen MR) is 67.9 cm³/mol. The van der Waals surface area contributed by atoms with Gasteiger partial charge in [0.05, 0.1) is 5.69 Å². The first-order valence-electron chi connectivity index (χ1n) is 5.94.